The van der Waals surface area contributed by atoms with Gasteiger partial charge in [-0.15, -0.1) is 0 Å². The highest BCUT2D eigenvalue weighted by atomic mass is 19.4. The lowest BCUT2D eigenvalue weighted by molar-refractivity contribution is -0.137. The van der Waals surface area contributed by atoms with Crippen molar-refractivity contribution in [2.24, 2.45) is 0 Å². The van der Waals surface area contributed by atoms with E-state index in [4.69, 9.17) is 9.47 Å². The summed E-state index contributed by atoms with van der Waals surface area (Å²) in [5.41, 5.74) is 1.33. The Labute approximate surface area is 182 Å². The van der Waals surface area contributed by atoms with Crippen LogP contribution in [0.3, 0.4) is 0 Å². The average molecular weight is 437 g/mol. The second kappa shape index (κ2) is 11.0. The van der Waals surface area contributed by atoms with E-state index in [2.05, 4.69) is 17.0 Å². The number of nitrogens with zero attached hydrogens (tertiary/aromatic N) is 2. The highest BCUT2D eigenvalue weighted by molar-refractivity contribution is 5.30. The van der Waals surface area contributed by atoms with Crippen LogP contribution in [-0.2, 0) is 17.3 Å². The number of hydrogen-bond acceptors (Lipinski definition) is 4. The Bertz CT molecular complexity index is 786. The topological polar surface area (TPSA) is 24.9 Å². The van der Waals surface area contributed by atoms with Crippen LogP contribution < -0.4 is 4.74 Å². The predicted molar refractivity (Wildman–Crippen MR) is 115 cm³/mol. The minimum absolute atomic E-state index is 0.316. The van der Waals surface area contributed by atoms with Gasteiger partial charge < -0.3 is 14.4 Å². The molecule has 0 aliphatic carbocycles. The molecule has 0 N–H and O–H groups in total. The SMILES string of the molecule is CN(C)CCC(Oc1ccc(CCN2CCOCC2)cc1)c1ccc(C(F)(F)F)cc1. The van der Waals surface area contributed by atoms with Gasteiger partial charge in [-0.05, 0) is 55.9 Å². The molecular formula is C24H31F3N2O2. The lowest BCUT2D eigenvalue weighted by atomic mass is 10.0. The Morgan fingerprint density at radius 3 is 2.23 bits per heavy atom. The third-order valence-corrected chi connectivity index (χ3v) is 5.47. The summed E-state index contributed by atoms with van der Waals surface area (Å²) in [6.07, 6.45) is -3.01. The number of benzene rings is 2. The van der Waals surface area contributed by atoms with Crippen molar-refractivity contribution in [1.29, 1.82) is 0 Å². The largest absolute Gasteiger partial charge is 0.486 e. The third-order valence-electron chi connectivity index (χ3n) is 5.47. The molecule has 1 unspecified atom stereocenters. The second-order valence-corrected chi connectivity index (χ2v) is 8.17. The third kappa shape index (κ3) is 7.52. The number of alkyl halides is 3. The Balaban J connectivity index is 1.63. The van der Waals surface area contributed by atoms with Crippen molar-refractivity contribution >= 4 is 0 Å². The summed E-state index contributed by atoms with van der Waals surface area (Å²) in [6, 6.07) is 13.3. The molecule has 1 heterocycles. The monoisotopic (exact) mass is 436 g/mol. The fourth-order valence-corrected chi connectivity index (χ4v) is 3.57. The molecule has 1 fully saturated rings. The molecule has 0 spiro atoms. The van der Waals surface area contributed by atoms with Gasteiger partial charge in [0.15, 0.2) is 0 Å². The van der Waals surface area contributed by atoms with Crippen molar-refractivity contribution in [2.45, 2.75) is 25.1 Å². The molecule has 0 bridgehead atoms. The second-order valence-electron chi connectivity index (χ2n) is 8.17. The van der Waals surface area contributed by atoms with Crippen molar-refractivity contribution in [3.05, 3.63) is 65.2 Å². The van der Waals surface area contributed by atoms with Crippen LogP contribution in [0.1, 0.15) is 29.2 Å². The zero-order valence-electron chi connectivity index (χ0n) is 18.2. The Morgan fingerprint density at radius 2 is 1.65 bits per heavy atom. The highest BCUT2D eigenvalue weighted by Gasteiger charge is 2.30. The van der Waals surface area contributed by atoms with Crippen LogP contribution in [0.4, 0.5) is 13.2 Å². The Hall–Kier alpha value is -2.09. The van der Waals surface area contributed by atoms with Crippen LogP contribution >= 0.6 is 0 Å². The minimum Gasteiger partial charge on any atom is -0.486 e. The minimum atomic E-state index is -4.34. The Morgan fingerprint density at radius 1 is 1.00 bits per heavy atom. The van der Waals surface area contributed by atoms with Crippen LogP contribution in [0.15, 0.2) is 48.5 Å². The van der Waals surface area contributed by atoms with Crippen molar-refractivity contribution in [1.82, 2.24) is 9.80 Å². The van der Waals surface area contributed by atoms with E-state index >= 15 is 0 Å². The maximum atomic E-state index is 12.9. The van der Waals surface area contributed by atoms with E-state index in [0.29, 0.717) is 6.42 Å². The first kappa shape index (κ1) is 23.6. The molecule has 2 aromatic rings. The van der Waals surface area contributed by atoms with Crippen LogP contribution in [0.5, 0.6) is 5.75 Å². The van der Waals surface area contributed by atoms with E-state index < -0.39 is 11.7 Å². The van der Waals surface area contributed by atoms with E-state index in [1.807, 2.05) is 31.1 Å². The van der Waals surface area contributed by atoms with Gasteiger partial charge in [-0.25, -0.2) is 0 Å². The predicted octanol–water partition coefficient (Wildman–Crippen LogP) is 4.65. The molecule has 31 heavy (non-hydrogen) atoms. The van der Waals surface area contributed by atoms with Gasteiger partial charge in [0.1, 0.15) is 11.9 Å². The van der Waals surface area contributed by atoms with Gasteiger partial charge >= 0.3 is 6.18 Å². The van der Waals surface area contributed by atoms with Crippen molar-refractivity contribution < 1.29 is 22.6 Å². The first-order valence-electron chi connectivity index (χ1n) is 10.7. The van der Waals surface area contributed by atoms with E-state index in [1.54, 1.807) is 0 Å². The van der Waals surface area contributed by atoms with Gasteiger partial charge in [-0.2, -0.15) is 13.2 Å². The first-order chi connectivity index (χ1) is 14.8. The zero-order chi connectivity index (χ0) is 22.3. The quantitative estimate of drug-likeness (QED) is 0.571. The van der Waals surface area contributed by atoms with E-state index in [1.165, 1.54) is 17.7 Å². The maximum Gasteiger partial charge on any atom is 0.416 e. The molecule has 0 radical (unpaired) electrons. The average Bonchev–Trinajstić information content (AvgIpc) is 2.76. The van der Waals surface area contributed by atoms with Gasteiger partial charge in [0.05, 0.1) is 18.8 Å². The lowest BCUT2D eigenvalue weighted by Gasteiger charge is -2.26. The molecule has 170 valence electrons. The molecule has 1 saturated heterocycles. The first-order valence-corrected chi connectivity index (χ1v) is 10.7. The summed E-state index contributed by atoms with van der Waals surface area (Å²) in [4.78, 5) is 4.44. The molecule has 1 atom stereocenters. The summed E-state index contributed by atoms with van der Waals surface area (Å²) in [5.74, 6) is 0.721. The van der Waals surface area contributed by atoms with Crippen LogP contribution in [0.2, 0.25) is 0 Å². The summed E-state index contributed by atoms with van der Waals surface area (Å²) in [6.45, 7) is 5.31. The summed E-state index contributed by atoms with van der Waals surface area (Å²) in [7, 11) is 3.93. The zero-order valence-corrected chi connectivity index (χ0v) is 18.2. The number of ether oxygens (including phenoxy) is 2. The van der Waals surface area contributed by atoms with Crippen LogP contribution in [0.25, 0.3) is 0 Å². The maximum absolute atomic E-state index is 12.9. The van der Waals surface area contributed by atoms with Crippen LogP contribution in [-0.4, -0.2) is 63.3 Å². The molecule has 1 aliphatic rings. The summed E-state index contributed by atoms with van der Waals surface area (Å²) < 4.78 is 50.3. The molecule has 0 aromatic heterocycles. The van der Waals surface area contributed by atoms with E-state index in [9.17, 15) is 13.2 Å². The standard InChI is InChI=1S/C24H31F3N2O2/c1-28(2)13-12-23(20-5-7-21(8-6-20)24(25,26)27)31-22-9-3-19(4-10-22)11-14-29-15-17-30-18-16-29/h3-10,23H,11-18H2,1-2H3. The van der Waals surface area contributed by atoms with Crippen molar-refractivity contribution in [3.8, 4) is 5.75 Å². The van der Waals surface area contributed by atoms with Gasteiger partial charge in [0.25, 0.3) is 0 Å². The molecule has 4 nitrogen and oxygen atoms in total. The van der Waals surface area contributed by atoms with E-state index in [-0.39, 0.29) is 6.10 Å². The molecule has 0 saturated carbocycles. The fourth-order valence-electron chi connectivity index (χ4n) is 3.57. The summed E-state index contributed by atoms with van der Waals surface area (Å²) >= 11 is 0. The molecular weight excluding hydrogens is 405 g/mol. The molecule has 2 aromatic carbocycles. The van der Waals surface area contributed by atoms with E-state index in [0.717, 1.165) is 69.3 Å². The number of morpholine rings is 1. The van der Waals surface area contributed by atoms with Gasteiger partial charge in [-0.3, -0.25) is 4.90 Å². The van der Waals surface area contributed by atoms with Crippen molar-refractivity contribution in [3.63, 3.8) is 0 Å². The number of halogens is 3. The normalized spacial score (nSPS) is 16.5. The van der Waals surface area contributed by atoms with Crippen LogP contribution in [0, 0.1) is 0 Å². The highest BCUT2D eigenvalue weighted by Crippen LogP contribution is 2.31. The smallest absolute Gasteiger partial charge is 0.416 e. The Kier molecular flexibility index (Phi) is 8.35. The lowest BCUT2D eigenvalue weighted by Crippen LogP contribution is -2.37. The fraction of sp³-hybridized carbons (Fsp3) is 0.500. The summed E-state index contributed by atoms with van der Waals surface area (Å²) in [5, 5.41) is 0. The number of rotatable bonds is 9. The van der Waals surface area contributed by atoms with Gasteiger partial charge in [0, 0.05) is 32.6 Å². The molecule has 0 amide bonds. The van der Waals surface area contributed by atoms with Gasteiger partial charge in [-0.1, -0.05) is 24.3 Å². The molecule has 3 rings (SSSR count). The molecule has 1 aliphatic heterocycles. The number of hydrogen-bond donors (Lipinski definition) is 0. The molecule has 7 heteroatoms. The van der Waals surface area contributed by atoms with Gasteiger partial charge in [0.2, 0.25) is 0 Å². The van der Waals surface area contributed by atoms with Crippen molar-refractivity contribution in [2.75, 3.05) is 53.5 Å².